The van der Waals surface area contributed by atoms with Crippen LogP contribution in [0.5, 0.6) is 5.75 Å². The van der Waals surface area contributed by atoms with Gasteiger partial charge in [-0.2, -0.15) is 0 Å². The molecule has 22 heavy (non-hydrogen) atoms. The second kappa shape index (κ2) is 6.15. The van der Waals surface area contributed by atoms with E-state index >= 15 is 0 Å². The summed E-state index contributed by atoms with van der Waals surface area (Å²) in [6.45, 7) is 0. The van der Waals surface area contributed by atoms with E-state index in [0.717, 1.165) is 15.4 Å². The van der Waals surface area contributed by atoms with Crippen molar-refractivity contribution in [3.63, 3.8) is 0 Å². The molecule has 0 fully saturated rings. The zero-order valence-corrected chi connectivity index (χ0v) is 13.4. The van der Waals surface area contributed by atoms with Gasteiger partial charge < -0.3 is 10.1 Å². The van der Waals surface area contributed by atoms with E-state index < -0.39 is 0 Å². The van der Waals surface area contributed by atoms with E-state index in [0.29, 0.717) is 17.0 Å². The molecule has 3 rings (SSSR count). The predicted molar refractivity (Wildman–Crippen MR) is 90.4 cm³/mol. The molecule has 0 aliphatic rings. The summed E-state index contributed by atoms with van der Waals surface area (Å²) in [5, 5.41) is 3.76. The van der Waals surface area contributed by atoms with Gasteiger partial charge in [-0.3, -0.25) is 9.78 Å². The van der Waals surface area contributed by atoms with Crippen molar-refractivity contribution in [2.75, 3.05) is 12.4 Å². The van der Waals surface area contributed by atoms with Gasteiger partial charge in [0, 0.05) is 21.6 Å². The van der Waals surface area contributed by atoms with E-state index in [4.69, 9.17) is 4.74 Å². The Kier molecular flexibility index (Phi) is 4.06. The lowest BCUT2D eigenvalue weighted by atomic mass is 10.1. The fourth-order valence-electron chi connectivity index (χ4n) is 2.22. The van der Waals surface area contributed by atoms with Gasteiger partial charge in [0.25, 0.3) is 5.91 Å². The van der Waals surface area contributed by atoms with Crippen LogP contribution in [-0.2, 0) is 0 Å². The van der Waals surface area contributed by atoms with Gasteiger partial charge in [-0.15, -0.1) is 0 Å². The Hall–Kier alpha value is -2.40. The van der Waals surface area contributed by atoms with E-state index in [2.05, 4.69) is 26.2 Å². The van der Waals surface area contributed by atoms with E-state index in [1.165, 1.54) is 0 Å². The fourth-order valence-corrected chi connectivity index (χ4v) is 2.48. The van der Waals surface area contributed by atoms with Crippen molar-refractivity contribution in [1.82, 2.24) is 4.98 Å². The third-order valence-corrected chi connectivity index (χ3v) is 3.84. The highest BCUT2D eigenvalue weighted by Gasteiger charge is 2.11. The highest BCUT2D eigenvalue weighted by atomic mass is 79.9. The van der Waals surface area contributed by atoms with Crippen molar-refractivity contribution in [2.45, 2.75) is 0 Å². The Bertz CT molecular complexity index is 832. The molecule has 0 aliphatic carbocycles. The first-order valence-corrected chi connectivity index (χ1v) is 7.47. The van der Waals surface area contributed by atoms with Crippen molar-refractivity contribution >= 4 is 38.4 Å². The Balaban J connectivity index is 1.97. The van der Waals surface area contributed by atoms with Gasteiger partial charge in [0.15, 0.2) is 0 Å². The summed E-state index contributed by atoms with van der Waals surface area (Å²) in [7, 11) is 1.60. The third-order valence-electron chi connectivity index (χ3n) is 3.31. The SMILES string of the molecule is COc1ccc(NC(=O)c2ccc(Br)cc2)c2cccnc12. The number of benzene rings is 2. The maximum Gasteiger partial charge on any atom is 0.255 e. The average molecular weight is 357 g/mol. The normalized spacial score (nSPS) is 10.5. The smallest absolute Gasteiger partial charge is 0.255 e. The lowest BCUT2D eigenvalue weighted by Gasteiger charge is -2.11. The minimum Gasteiger partial charge on any atom is -0.494 e. The molecular formula is C17H13BrN2O2. The number of carbonyl (C=O) groups excluding carboxylic acids is 1. The van der Waals surface area contributed by atoms with Gasteiger partial charge >= 0.3 is 0 Å². The number of pyridine rings is 1. The minimum absolute atomic E-state index is 0.164. The molecule has 5 heteroatoms. The molecule has 1 heterocycles. The van der Waals surface area contributed by atoms with Crippen LogP contribution in [-0.4, -0.2) is 18.0 Å². The Labute approximate surface area is 136 Å². The monoisotopic (exact) mass is 356 g/mol. The number of ether oxygens (including phenoxy) is 1. The molecule has 0 atom stereocenters. The maximum absolute atomic E-state index is 12.3. The standard InChI is InChI=1S/C17H13BrN2O2/c1-22-15-9-8-14(13-3-2-10-19-16(13)15)20-17(21)11-4-6-12(18)7-5-11/h2-10H,1H3,(H,20,21). The molecule has 2 aromatic carbocycles. The van der Waals surface area contributed by atoms with Crippen molar-refractivity contribution < 1.29 is 9.53 Å². The molecular weight excluding hydrogens is 344 g/mol. The van der Waals surface area contributed by atoms with Crippen molar-refractivity contribution in [1.29, 1.82) is 0 Å². The summed E-state index contributed by atoms with van der Waals surface area (Å²) >= 11 is 3.36. The highest BCUT2D eigenvalue weighted by molar-refractivity contribution is 9.10. The zero-order chi connectivity index (χ0) is 15.5. The van der Waals surface area contributed by atoms with Crippen LogP contribution in [0.3, 0.4) is 0 Å². The number of amides is 1. The number of nitrogens with one attached hydrogen (secondary N) is 1. The van der Waals surface area contributed by atoms with Gasteiger partial charge in [-0.1, -0.05) is 15.9 Å². The number of fused-ring (bicyclic) bond motifs is 1. The second-order valence-corrected chi connectivity index (χ2v) is 5.59. The molecule has 0 unspecified atom stereocenters. The Morgan fingerprint density at radius 2 is 1.91 bits per heavy atom. The van der Waals surface area contributed by atoms with Gasteiger partial charge in [0.05, 0.1) is 12.8 Å². The summed E-state index contributed by atoms with van der Waals surface area (Å²) < 4.78 is 6.24. The molecule has 0 spiro atoms. The number of methoxy groups -OCH3 is 1. The molecule has 0 aliphatic heterocycles. The number of aromatic nitrogens is 1. The molecule has 4 nitrogen and oxygen atoms in total. The van der Waals surface area contributed by atoms with Crippen LogP contribution in [0.25, 0.3) is 10.9 Å². The predicted octanol–water partition coefficient (Wildman–Crippen LogP) is 4.26. The van der Waals surface area contributed by atoms with E-state index in [9.17, 15) is 4.79 Å². The lowest BCUT2D eigenvalue weighted by Crippen LogP contribution is -2.12. The molecule has 0 saturated heterocycles. The highest BCUT2D eigenvalue weighted by Crippen LogP contribution is 2.30. The molecule has 0 radical (unpaired) electrons. The summed E-state index contributed by atoms with van der Waals surface area (Å²) in [5.41, 5.74) is 2.02. The zero-order valence-electron chi connectivity index (χ0n) is 11.8. The quantitative estimate of drug-likeness (QED) is 0.762. The summed E-state index contributed by atoms with van der Waals surface area (Å²) in [5.74, 6) is 0.514. The number of hydrogen-bond donors (Lipinski definition) is 1. The molecule has 1 amide bonds. The van der Waals surface area contributed by atoms with Gasteiger partial charge in [-0.25, -0.2) is 0 Å². The van der Waals surface area contributed by atoms with E-state index in [-0.39, 0.29) is 5.91 Å². The number of hydrogen-bond acceptors (Lipinski definition) is 3. The molecule has 0 bridgehead atoms. The van der Waals surface area contributed by atoms with Crippen molar-refractivity contribution in [3.05, 3.63) is 64.8 Å². The Morgan fingerprint density at radius 1 is 1.14 bits per heavy atom. The summed E-state index contributed by atoms with van der Waals surface area (Å²) in [4.78, 5) is 16.7. The first kappa shape index (κ1) is 14.5. The molecule has 1 aromatic heterocycles. The molecule has 110 valence electrons. The number of halogens is 1. The number of anilines is 1. The molecule has 1 N–H and O–H groups in total. The minimum atomic E-state index is -0.164. The van der Waals surface area contributed by atoms with E-state index in [1.807, 2.05) is 30.3 Å². The van der Waals surface area contributed by atoms with E-state index in [1.54, 1.807) is 31.5 Å². The number of carbonyl (C=O) groups is 1. The second-order valence-electron chi connectivity index (χ2n) is 4.68. The van der Waals surface area contributed by atoms with Crippen LogP contribution in [0.15, 0.2) is 59.2 Å². The molecule has 3 aromatic rings. The summed E-state index contributed by atoms with van der Waals surface area (Å²) in [6.07, 6.45) is 1.70. The molecule has 0 saturated carbocycles. The first-order chi connectivity index (χ1) is 10.7. The fraction of sp³-hybridized carbons (Fsp3) is 0.0588. The van der Waals surface area contributed by atoms with Crippen LogP contribution < -0.4 is 10.1 Å². The van der Waals surface area contributed by atoms with Gasteiger partial charge in [0.2, 0.25) is 0 Å². The van der Waals surface area contributed by atoms with Crippen LogP contribution >= 0.6 is 15.9 Å². The largest absolute Gasteiger partial charge is 0.494 e. The topological polar surface area (TPSA) is 51.2 Å². The van der Waals surface area contributed by atoms with Crippen molar-refractivity contribution in [3.8, 4) is 5.75 Å². The number of nitrogens with zero attached hydrogens (tertiary/aromatic N) is 1. The van der Waals surface area contributed by atoms with Gasteiger partial charge in [0.1, 0.15) is 11.3 Å². The van der Waals surface area contributed by atoms with Crippen molar-refractivity contribution in [2.24, 2.45) is 0 Å². The maximum atomic E-state index is 12.3. The number of rotatable bonds is 3. The average Bonchev–Trinajstić information content (AvgIpc) is 2.55. The Morgan fingerprint density at radius 3 is 2.64 bits per heavy atom. The first-order valence-electron chi connectivity index (χ1n) is 6.67. The lowest BCUT2D eigenvalue weighted by molar-refractivity contribution is 0.102. The summed E-state index contributed by atoms with van der Waals surface area (Å²) in [6, 6.07) is 14.6. The third kappa shape index (κ3) is 2.80. The van der Waals surface area contributed by atoms with Gasteiger partial charge in [-0.05, 0) is 48.5 Å². The van der Waals surface area contributed by atoms with Crippen LogP contribution in [0.1, 0.15) is 10.4 Å². The van der Waals surface area contributed by atoms with Crippen LogP contribution in [0, 0.1) is 0 Å². The van der Waals surface area contributed by atoms with Crippen LogP contribution in [0.4, 0.5) is 5.69 Å². The van der Waals surface area contributed by atoms with Crippen LogP contribution in [0.2, 0.25) is 0 Å².